The van der Waals surface area contributed by atoms with Crippen molar-refractivity contribution in [3.8, 4) is 5.69 Å². The minimum Gasteiger partial charge on any atom is -0.476 e. The average Bonchev–Trinajstić information content (AvgIpc) is 2.83. The van der Waals surface area contributed by atoms with Crippen LogP contribution < -0.4 is 4.90 Å². The summed E-state index contributed by atoms with van der Waals surface area (Å²) in [6.45, 7) is 1.98. The maximum atomic E-state index is 11.0. The first-order valence-corrected chi connectivity index (χ1v) is 6.13. The average molecular weight is 259 g/mol. The number of nitrogens with zero attached hydrogens (tertiary/aromatic N) is 3. The molecule has 1 N–H and O–H groups in total. The lowest BCUT2D eigenvalue weighted by atomic mass is 10.2. The lowest BCUT2D eigenvalue weighted by Crippen LogP contribution is -2.09. The molecule has 0 bridgehead atoms. The van der Waals surface area contributed by atoms with E-state index in [-0.39, 0.29) is 5.69 Å². The highest BCUT2D eigenvalue weighted by atomic mass is 16.4. The summed E-state index contributed by atoms with van der Waals surface area (Å²) in [5, 5.41) is 13.1. The second kappa shape index (κ2) is 5.14. The van der Waals surface area contributed by atoms with Crippen molar-refractivity contribution in [1.82, 2.24) is 9.78 Å². The predicted molar refractivity (Wildman–Crippen MR) is 74.2 cm³/mol. The Balaban J connectivity index is 2.43. The van der Waals surface area contributed by atoms with Crippen LogP contribution in [-0.4, -0.2) is 35.0 Å². The van der Waals surface area contributed by atoms with Crippen LogP contribution in [0.3, 0.4) is 0 Å². The number of hydrogen-bond donors (Lipinski definition) is 1. The van der Waals surface area contributed by atoms with E-state index < -0.39 is 5.97 Å². The minimum atomic E-state index is -1.00. The van der Waals surface area contributed by atoms with Gasteiger partial charge >= 0.3 is 5.97 Å². The third kappa shape index (κ3) is 2.59. The number of rotatable bonds is 4. The monoisotopic (exact) mass is 259 g/mol. The summed E-state index contributed by atoms with van der Waals surface area (Å²) >= 11 is 0. The van der Waals surface area contributed by atoms with Gasteiger partial charge in [-0.05, 0) is 36.8 Å². The fourth-order valence-corrected chi connectivity index (χ4v) is 1.89. The molecule has 0 saturated heterocycles. The van der Waals surface area contributed by atoms with Gasteiger partial charge in [-0.3, -0.25) is 0 Å². The van der Waals surface area contributed by atoms with Crippen LogP contribution in [0.5, 0.6) is 0 Å². The Morgan fingerprint density at radius 1 is 1.32 bits per heavy atom. The van der Waals surface area contributed by atoms with E-state index in [0.29, 0.717) is 0 Å². The maximum absolute atomic E-state index is 11.0. The summed E-state index contributed by atoms with van der Waals surface area (Å²) < 4.78 is 1.68. The van der Waals surface area contributed by atoms with E-state index in [1.54, 1.807) is 10.7 Å². The first kappa shape index (κ1) is 13.1. The molecule has 1 aromatic heterocycles. The highest BCUT2D eigenvalue weighted by Crippen LogP contribution is 2.17. The number of aromatic nitrogens is 2. The van der Waals surface area contributed by atoms with E-state index in [9.17, 15) is 4.79 Å². The number of anilines is 1. The number of carboxylic acid groups (broad SMARTS) is 1. The summed E-state index contributed by atoms with van der Waals surface area (Å²) in [5.74, 6) is -1.00. The van der Waals surface area contributed by atoms with E-state index in [1.165, 1.54) is 0 Å². The van der Waals surface area contributed by atoms with Crippen molar-refractivity contribution in [1.29, 1.82) is 0 Å². The van der Waals surface area contributed by atoms with Gasteiger partial charge in [-0.25, -0.2) is 9.48 Å². The molecule has 5 heteroatoms. The van der Waals surface area contributed by atoms with Crippen molar-refractivity contribution in [2.24, 2.45) is 0 Å². The molecule has 0 aliphatic carbocycles. The van der Waals surface area contributed by atoms with Crippen molar-refractivity contribution in [2.75, 3.05) is 19.0 Å². The second-order valence-electron chi connectivity index (χ2n) is 4.50. The van der Waals surface area contributed by atoms with E-state index >= 15 is 0 Å². The summed E-state index contributed by atoms with van der Waals surface area (Å²) in [6.07, 6.45) is 0.732. The number of aryl methyl sites for hydroxylation is 1. The van der Waals surface area contributed by atoms with Crippen LogP contribution >= 0.6 is 0 Å². The molecular weight excluding hydrogens is 242 g/mol. The molecule has 2 aromatic rings. The molecular formula is C14H17N3O2. The third-order valence-electron chi connectivity index (χ3n) is 2.98. The molecule has 5 nitrogen and oxygen atoms in total. The molecule has 100 valence electrons. The largest absolute Gasteiger partial charge is 0.476 e. The first-order chi connectivity index (χ1) is 9.02. The van der Waals surface area contributed by atoms with E-state index in [1.807, 2.05) is 50.2 Å². The zero-order chi connectivity index (χ0) is 14.0. The zero-order valence-electron chi connectivity index (χ0n) is 11.3. The number of aromatic carboxylic acids is 1. The highest BCUT2D eigenvalue weighted by Gasteiger charge is 2.13. The maximum Gasteiger partial charge on any atom is 0.356 e. The summed E-state index contributed by atoms with van der Waals surface area (Å²) in [6, 6.07) is 9.45. The van der Waals surface area contributed by atoms with E-state index in [0.717, 1.165) is 23.5 Å². The van der Waals surface area contributed by atoms with Gasteiger partial charge in [0.15, 0.2) is 5.69 Å². The van der Waals surface area contributed by atoms with Gasteiger partial charge in [-0.1, -0.05) is 6.92 Å². The Morgan fingerprint density at radius 3 is 2.42 bits per heavy atom. The molecule has 0 aliphatic rings. The SMILES string of the molecule is CCc1cc(C(=O)O)nn1-c1ccc(N(C)C)cc1. The first-order valence-electron chi connectivity index (χ1n) is 6.13. The minimum absolute atomic E-state index is 0.0773. The number of carbonyl (C=O) groups is 1. The van der Waals surface area contributed by atoms with Crippen molar-refractivity contribution < 1.29 is 9.90 Å². The molecule has 0 atom stereocenters. The Hall–Kier alpha value is -2.30. The van der Waals surface area contributed by atoms with Gasteiger partial charge in [0.05, 0.1) is 5.69 Å². The van der Waals surface area contributed by atoms with Gasteiger partial charge in [0.25, 0.3) is 0 Å². The topological polar surface area (TPSA) is 58.4 Å². The predicted octanol–water partition coefficient (Wildman–Crippen LogP) is 2.20. The third-order valence-corrected chi connectivity index (χ3v) is 2.98. The summed E-state index contributed by atoms with van der Waals surface area (Å²) in [5.41, 5.74) is 2.92. The second-order valence-corrected chi connectivity index (χ2v) is 4.50. The van der Waals surface area contributed by atoms with Gasteiger partial charge in [-0.2, -0.15) is 5.10 Å². The number of hydrogen-bond acceptors (Lipinski definition) is 3. The van der Waals surface area contributed by atoms with Crippen molar-refractivity contribution in [3.05, 3.63) is 41.7 Å². The van der Waals surface area contributed by atoms with Crippen LogP contribution in [0.2, 0.25) is 0 Å². The Kier molecular flexibility index (Phi) is 3.55. The molecule has 0 fully saturated rings. The smallest absolute Gasteiger partial charge is 0.356 e. The fraction of sp³-hybridized carbons (Fsp3) is 0.286. The van der Waals surface area contributed by atoms with E-state index in [4.69, 9.17) is 5.11 Å². The summed E-state index contributed by atoms with van der Waals surface area (Å²) in [7, 11) is 3.95. The van der Waals surface area contributed by atoms with Crippen molar-refractivity contribution >= 4 is 11.7 Å². The van der Waals surface area contributed by atoms with Gasteiger partial charge in [0, 0.05) is 25.5 Å². The lowest BCUT2D eigenvalue weighted by molar-refractivity contribution is 0.0690. The Labute approximate surface area is 112 Å². The van der Waals surface area contributed by atoms with E-state index in [2.05, 4.69) is 5.10 Å². The zero-order valence-corrected chi connectivity index (χ0v) is 11.3. The highest BCUT2D eigenvalue weighted by molar-refractivity contribution is 5.85. The fourth-order valence-electron chi connectivity index (χ4n) is 1.89. The van der Waals surface area contributed by atoms with Crippen LogP contribution in [0.25, 0.3) is 5.69 Å². The molecule has 1 aromatic carbocycles. The normalized spacial score (nSPS) is 10.5. The molecule has 2 rings (SSSR count). The van der Waals surface area contributed by atoms with Gasteiger partial charge in [0.1, 0.15) is 0 Å². The molecule has 1 heterocycles. The van der Waals surface area contributed by atoms with Crippen molar-refractivity contribution in [3.63, 3.8) is 0 Å². The van der Waals surface area contributed by atoms with Crippen LogP contribution in [0.4, 0.5) is 5.69 Å². The molecule has 0 amide bonds. The van der Waals surface area contributed by atoms with Gasteiger partial charge in [0.2, 0.25) is 0 Å². The van der Waals surface area contributed by atoms with Crippen LogP contribution in [0, 0.1) is 0 Å². The van der Waals surface area contributed by atoms with Crippen molar-refractivity contribution in [2.45, 2.75) is 13.3 Å². The summed E-state index contributed by atoms with van der Waals surface area (Å²) in [4.78, 5) is 13.0. The van der Waals surface area contributed by atoms with Crippen LogP contribution in [-0.2, 0) is 6.42 Å². The van der Waals surface area contributed by atoms with Gasteiger partial charge in [-0.15, -0.1) is 0 Å². The molecule has 19 heavy (non-hydrogen) atoms. The Bertz CT molecular complexity index is 585. The molecule has 0 radical (unpaired) electrons. The number of carboxylic acids is 1. The van der Waals surface area contributed by atoms with Crippen LogP contribution in [0.1, 0.15) is 23.1 Å². The molecule has 0 spiro atoms. The standard InChI is InChI=1S/C14H17N3O2/c1-4-10-9-13(14(18)19)15-17(10)12-7-5-11(6-8-12)16(2)3/h5-9H,4H2,1-3H3,(H,18,19). The molecule has 0 saturated carbocycles. The Morgan fingerprint density at radius 2 is 1.95 bits per heavy atom. The van der Waals surface area contributed by atoms with Gasteiger partial charge < -0.3 is 10.0 Å². The quantitative estimate of drug-likeness (QED) is 0.914. The molecule has 0 aliphatic heterocycles. The molecule has 0 unspecified atom stereocenters. The lowest BCUT2D eigenvalue weighted by Gasteiger charge is -2.13. The van der Waals surface area contributed by atoms with Crippen LogP contribution in [0.15, 0.2) is 30.3 Å². The number of benzene rings is 1.